The quantitative estimate of drug-likeness (QED) is 0.906. The summed E-state index contributed by atoms with van der Waals surface area (Å²) in [5.41, 5.74) is 1.41. The fourth-order valence-corrected chi connectivity index (χ4v) is 1.84. The molecule has 0 fully saturated rings. The Hall–Kier alpha value is -1.69. The van der Waals surface area contributed by atoms with Crippen LogP contribution in [0.1, 0.15) is 32.8 Å². The van der Waals surface area contributed by atoms with Crippen LogP contribution in [0.3, 0.4) is 0 Å². The van der Waals surface area contributed by atoms with Crippen molar-refractivity contribution in [2.24, 2.45) is 10.3 Å². The molecule has 0 amide bonds. The molecule has 0 spiro atoms. The van der Waals surface area contributed by atoms with Gasteiger partial charge in [0.1, 0.15) is 0 Å². The number of aliphatic carboxylic acids is 1. The molecule has 0 saturated heterocycles. The molecule has 5 nitrogen and oxygen atoms in total. The molecule has 0 bridgehead atoms. The second-order valence-corrected chi connectivity index (χ2v) is 5.29. The summed E-state index contributed by atoms with van der Waals surface area (Å²) < 4.78 is 23.2. The van der Waals surface area contributed by atoms with Crippen molar-refractivity contribution in [2.75, 3.05) is 0 Å². The lowest BCUT2D eigenvalue weighted by Gasteiger charge is -2.06. The molecule has 1 N–H and O–H groups in total. The van der Waals surface area contributed by atoms with Crippen molar-refractivity contribution in [3.05, 3.63) is 35.9 Å². The molecule has 0 saturated carbocycles. The van der Waals surface area contributed by atoms with Gasteiger partial charge in [0, 0.05) is 0 Å². The average molecular weight is 299 g/mol. The number of carboxylic acid groups (broad SMARTS) is 1. The standard InChI is InChI=1S/C8H10.C6H11NO4S/c1-2-8-6-4-3-5-7-8;1-4(2)3-5(6(8)9)7-12(10)11/h3-7H,2H2,1H3;4-5H,3H2,1-2H3,(H,8,9). The zero-order chi connectivity index (χ0) is 15.5. The minimum absolute atomic E-state index is 0.110. The summed E-state index contributed by atoms with van der Waals surface area (Å²) in [5, 5.41) is 8.50. The molecule has 1 aromatic rings. The first kappa shape index (κ1) is 18.3. The van der Waals surface area contributed by atoms with Gasteiger partial charge in [0.05, 0.1) is 0 Å². The minimum atomic E-state index is -2.64. The van der Waals surface area contributed by atoms with E-state index in [0.29, 0.717) is 0 Å². The highest BCUT2D eigenvalue weighted by molar-refractivity contribution is 7.61. The van der Waals surface area contributed by atoms with E-state index in [1.807, 2.05) is 6.07 Å². The predicted molar refractivity (Wildman–Crippen MR) is 78.0 cm³/mol. The number of nitrogens with zero attached hydrogens (tertiary/aromatic N) is 1. The van der Waals surface area contributed by atoms with E-state index in [9.17, 15) is 13.2 Å². The Kier molecular flexibility index (Phi) is 9.28. The molecule has 0 aromatic heterocycles. The number of aryl methyl sites for hydroxylation is 1. The number of hydrogen-bond acceptors (Lipinski definition) is 4. The normalized spacial score (nSPS) is 11.2. The van der Waals surface area contributed by atoms with Crippen molar-refractivity contribution in [3.63, 3.8) is 0 Å². The summed E-state index contributed by atoms with van der Waals surface area (Å²) in [6.07, 6.45) is 1.38. The fraction of sp³-hybridized carbons (Fsp3) is 0.500. The molecule has 0 aliphatic rings. The van der Waals surface area contributed by atoms with Crippen LogP contribution < -0.4 is 0 Å². The Morgan fingerprint density at radius 2 is 1.80 bits per heavy atom. The summed E-state index contributed by atoms with van der Waals surface area (Å²) in [6, 6.07) is 9.32. The van der Waals surface area contributed by atoms with Gasteiger partial charge in [-0.05, 0) is 24.3 Å². The van der Waals surface area contributed by atoms with E-state index in [1.54, 1.807) is 13.8 Å². The van der Waals surface area contributed by atoms with E-state index in [1.165, 1.54) is 5.56 Å². The molecule has 1 unspecified atom stereocenters. The lowest BCUT2D eigenvalue weighted by molar-refractivity contribution is -0.138. The molecule has 6 heteroatoms. The number of carboxylic acids is 1. The number of carbonyl (C=O) groups is 1. The van der Waals surface area contributed by atoms with E-state index in [-0.39, 0.29) is 12.3 Å². The fourth-order valence-electron chi connectivity index (χ4n) is 1.45. The number of hydrogen-bond donors (Lipinski definition) is 1. The van der Waals surface area contributed by atoms with E-state index < -0.39 is 22.5 Å². The van der Waals surface area contributed by atoms with E-state index in [4.69, 9.17) is 5.11 Å². The maximum absolute atomic E-state index is 10.4. The topological polar surface area (TPSA) is 83.8 Å². The zero-order valence-corrected chi connectivity index (χ0v) is 12.8. The van der Waals surface area contributed by atoms with Crippen molar-refractivity contribution < 1.29 is 18.3 Å². The van der Waals surface area contributed by atoms with Gasteiger partial charge in [-0.25, -0.2) is 4.79 Å². The molecule has 1 atom stereocenters. The van der Waals surface area contributed by atoms with Crippen LogP contribution in [0.5, 0.6) is 0 Å². The van der Waals surface area contributed by atoms with Gasteiger partial charge in [-0.3, -0.25) is 0 Å². The Balaban J connectivity index is 0.000000388. The van der Waals surface area contributed by atoms with Crippen molar-refractivity contribution >= 4 is 16.5 Å². The SMILES string of the molecule is CC(C)CC(N=S(=O)=O)C(=O)O.CCc1ccccc1. The van der Waals surface area contributed by atoms with Crippen molar-refractivity contribution in [3.8, 4) is 0 Å². The van der Waals surface area contributed by atoms with Crippen LogP contribution in [0, 0.1) is 5.92 Å². The van der Waals surface area contributed by atoms with Gasteiger partial charge in [0.2, 0.25) is 0 Å². The largest absolute Gasteiger partial charge is 0.480 e. The van der Waals surface area contributed by atoms with E-state index in [0.717, 1.165) is 6.42 Å². The summed E-state index contributed by atoms with van der Waals surface area (Å²) in [5.74, 6) is -1.09. The molecule has 0 heterocycles. The van der Waals surface area contributed by atoms with Crippen LogP contribution in [-0.2, 0) is 21.7 Å². The maximum atomic E-state index is 10.4. The Morgan fingerprint density at radius 3 is 2.10 bits per heavy atom. The van der Waals surface area contributed by atoms with Crippen LogP contribution >= 0.6 is 0 Å². The monoisotopic (exact) mass is 299 g/mol. The molecule has 20 heavy (non-hydrogen) atoms. The lowest BCUT2D eigenvalue weighted by atomic mass is 10.1. The van der Waals surface area contributed by atoms with Gasteiger partial charge < -0.3 is 5.11 Å². The third-order valence-corrected chi connectivity index (χ3v) is 2.87. The highest BCUT2D eigenvalue weighted by Gasteiger charge is 2.17. The molecule has 0 aliphatic carbocycles. The first-order valence-corrected chi connectivity index (χ1v) is 7.46. The van der Waals surface area contributed by atoms with Crippen LogP contribution in [-0.4, -0.2) is 25.5 Å². The molecule has 0 radical (unpaired) electrons. The Bertz CT molecular complexity index is 515. The second-order valence-electron chi connectivity index (χ2n) is 4.65. The second kappa shape index (κ2) is 10.1. The summed E-state index contributed by atoms with van der Waals surface area (Å²) in [7, 11) is -2.64. The molecular formula is C14H21NO4S. The smallest absolute Gasteiger partial charge is 0.329 e. The van der Waals surface area contributed by atoms with Crippen molar-refractivity contribution in [2.45, 2.75) is 39.7 Å². The average Bonchev–Trinajstić information content (AvgIpc) is 2.38. The summed E-state index contributed by atoms with van der Waals surface area (Å²) in [4.78, 5) is 10.4. The van der Waals surface area contributed by atoms with E-state index in [2.05, 4.69) is 35.6 Å². The van der Waals surface area contributed by atoms with E-state index >= 15 is 0 Å². The van der Waals surface area contributed by atoms with Gasteiger partial charge in [-0.1, -0.05) is 51.1 Å². The molecule has 1 aromatic carbocycles. The van der Waals surface area contributed by atoms with Crippen LogP contribution in [0.15, 0.2) is 34.7 Å². The van der Waals surface area contributed by atoms with Crippen LogP contribution in [0.25, 0.3) is 0 Å². The molecule has 112 valence electrons. The molecular weight excluding hydrogens is 278 g/mol. The summed E-state index contributed by atoms with van der Waals surface area (Å²) in [6.45, 7) is 5.77. The Morgan fingerprint density at radius 1 is 1.25 bits per heavy atom. The van der Waals surface area contributed by atoms with Crippen molar-refractivity contribution in [1.82, 2.24) is 0 Å². The lowest BCUT2D eigenvalue weighted by Crippen LogP contribution is -2.19. The maximum Gasteiger partial charge on any atom is 0.329 e. The first-order valence-electron chi connectivity index (χ1n) is 6.43. The van der Waals surface area contributed by atoms with Gasteiger partial charge in [-0.15, -0.1) is 0 Å². The Labute approximate surface area is 121 Å². The predicted octanol–water partition coefficient (Wildman–Crippen LogP) is 2.80. The van der Waals surface area contributed by atoms with Crippen LogP contribution in [0.2, 0.25) is 0 Å². The summed E-state index contributed by atoms with van der Waals surface area (Å²) >= 11 is 0. The third-order valence-electron chi connectivity index (χ3n) is 2.44. The number of benzene rings is 1. The third kappa shape index (κ3) is 9.27. The highest BCUT2D eigenvalue weighted by atomic mass is 32.2. The number of rotatable bonds is 5. The molecule has 0 aliphatic heterocycles. The first-order chi connectivity index (χ1) is 9.36. The molecule has 1 rings (SSSR count). The van der Waals surface area contributed by atoms with Crippen LogP contribution in [0.4, 0.5) is 0 Å². The van der Waals surface area contributed by atoms with Gasteiger partial charge in [-0.2, -0.15) is 12.8 Å². The zero-order valence-electron chi connectivity index (χ0n) is 12.0. The van der Waals surface area contributed by atoms with Gasteiger partial charge >= 0.3 is 16.5 Å². The van der Waals surface area contributed by atoms with Gasteiger partial charge in [0.25, 0.3) is 0 Å². The van der Waals surface area contributed by atoms with Crippen molar-refractivity contribution in [1.29, 1.82) is 0 Å². The minimum Gasteiger partial charge on any atom is -0.480 e. The highest BCUT2D eigenvalue weighted by Crippen LogP contribution is 2.07. The van der Waals surface area contributed by atoms with Gasteiger partial charge in [0.15, 0.2) is 6.04 Å².